The largest absolute Gasteiger partial charge is 0.458 e. The van der Waals surface area contributed by atoms with Crippen LogP contribution in [0.4, 0.5) is 4.79 Å². The van der Waals surface area contributed by atoms with E-state index in [0.29, 0.717) is 18.6 Å². The molecule has 0 aliphatic carbocycles. The van der Waals surface area contributed by atoms with Gasteiger partial charge in [0.15, 0.2) is 18.5 Å². The molecule has 2 bridgehead atoms. The number of oxime groups is 1. The zero-order chi connectivity index (χ0) is 42.8. The molecule has 2 aromatic heterocycles. The summed E-state index contributed by atoms with van der Waals surface area (Å²) in [6, 6.07) is 8.69. The van der Waals surface area contributed by atoms with Gasteiger partial charge in [0.25, 0.3) is 0 Å². The van der Waals surface area contributed by atoms with Crippen LogP contribution in [0.2, 0.25) is 0 Å². The summed E-state index contributed by atoms with van der Waals surface area (Å²) in [4.78, 5) is 56.0. The molecule has 0 unspecified atom stereocenters. The average Bonchev–Trinajstić information content (AvgIpc) is 3.81. The van der Waals surface area contributed by atoms with Crippen LogP contribution < -0.4 is 5.32 Å². The van der Waals surface area contributed by atoms with Gasteiger partial charge in [-0.25, -0.2) is 4.79 Å². The summed E-state index contributed by atoms with van der Waals surface area (Å²) in [7, 11) is 3.81. The lowest BCUT2D eigenvalue weighted by atomic mass is 9.73. The van der Waals surface area contributed by atoms with Gasteiger partial charge in [-0.05, 0) is 85.3 Å². The number of carbonyl (C=O) groups excluding carboxylic acids is 3. The number of ether oxygens (including phenoxy) is 6. The van der Waals surface area contributed by atoms with Crippen LogP contribution in [0.3, 0.4) is 0 Å². The second-order valence-corrected chi connectivity index (χ2v) is 18.6. The highest BCUT2D eigenvalue weighted by molar-refractivity contribution is 7.15. The number of amides is 1. The number of hydrogen-bond acceptors (Lipinski definition) is 15. The summed E-state index contributed by atoms with van der Waals surface area (Å²) in [5.41, 5.74) is -1.28. The molecule has 4 aliphatic heterocycles. The second kappa shape index (κ2) is 18.6. The quantitative estimate of drug-likeness (QED) is 0.256. The van der Waals surface area contributed by atoms with Gasteiger partial charge in [-0.15, -0.1) is 11.3 Å². The van der Waals surface area contributed by atoms with E-state index in [9.17, 15) is 19.5 Å². The first kappa shape index (κ1) is 45.0. The lowest BCUT2D eigenvalue weighted by Crippen LogP contribution is -2.60. The van der Waals surface area contributed by atoms with Crippen molar-refractivity contribution in [2.24, 2.45) is 28.8 Å². The molecule has 4 aliphatic rings. The van der Waals surface area contributed by atoms with Crippen LogP contribution in [0.25, 0.3) is 10.6 Å². The van der Waals surface area contributed by atoms with E-state index in [2.05, 4.69) is 15.5 Å². The van der Waals surface area contributed by atoms with Crippen LogP contribution in [0.15, 0.2) is 41.7 Å². The first-order chi connectivity index (χ1) is 27.9. The number of ketones is 1. The Morgan fingerprint density at radius 1 is 1.05 bits per heavy atom. The maximum atomic E-state index is 14.5. The maximum absolute atomic E-state index is 14.5. The second-order valence-electron chi connectivity index (χ2n) is 17.4. The number of alkyl carbamates (subject to hydrolysis) is 1. The third kappa shape index (κ3) is 9.69. The van der Waals surface area contributed by atoms with Gasteiger partial charge in [0.2, 0.25) is 0 Å². The first-order valence-corrected chi connectivity index (χ1v) is 21.6. The fourth-order valence-corrected chi connectivity index (χ4v) is 10.3. The van der Waals surface area contributed by atoms with Gasteiger partial charge in [0.1, 0.15) is 23.7 Å². The Labute approximate surface area is 351 Å². The van der Waals surface area contributed by atoms with Gasteiger partial charge in [-0.1, -0.05) is 38.9 Å². The van der Waals surface area contributed by atoms with E-state index >= 15 is 0 Å². The number of nitrogens with zero attached hydrogens (tertiary/aromatic N) is 3. The molecule has 2 aromatic rings. The summed E-state index contributed by atoms with van der Waals surface area (Å²) in [6.07, 6.45) is -2.79. The molecular weight excluding hydrogens is 781 g/mol. The van der Waals surface area contributed by atoms with E-state index in [-0.39, 0.29) is 44.2 Å². The zero-order valence-corrected chi connectivity index (χ0v) is 36.7. The van der Waals surface area contributed by atoms with Crippen molar-refractivity contribution in [3.8, 4) is 10.6 Å². The zero-order valence-electron chi connectivity index (χ0n) is 35.9. The molecule has 15 nitrogen and oxygen atoms in total. The van der Waals surface area contributed by atoms with Gasteiger partial charge in [0.05, 0.1) is 59.7 Å². The Balaban J connectivity index is 1.38. The minimum absolute atomic E-state index is 0.0502. The molecule has 4 saturated heterocycles. The monoisotopic (exact) mass is 842 g/mol. The number of aliphatic hydroxyl groups is 1. The number of cyclic esters (lactones) is 1. The Morgan fingerprint density at radius 2 is 1.81 bits per heavy atom. The minimum atomic E-state index is -1.33. The molecule has 2 N–H and O–H groups in total. The summed E-state index contributed by atoms with van der Waals surface area (Å²) in [5.74, 6) is -3.53. The number of pyridine rings is 1. The molecule has 16 heteroatoms. The van der Waals surface area contributed by atoms with Crippen molar-refractivity contribution in [3.05, 3.63) is 41.4 Å². The normalized spacial score (nSPS) is 39.3. The number of fused-ring (bicyclic) bond motifs is 4. The van der Waals surface area contributed by atoms with Crippen LogP contribution in [0.1, 0.15) is 79.5 Å². The standard InChI is InChI=1S/C43H62N4O11S/c1-11-33-43(8)37(45-41(51)58-43)25(4)34(48)23(2)19-42(7)38(57-40-35(49)31(47(9)10)18-24(3)55-40)26(5)36(27(6)39(50)56-33)52-20-28(21-53-42)46-54-22-29-15-16-32(59-29)30-14-12-13-17-44-30/h12-17,23-27,31,33,35-38,40,49H,11,18-22H2,1-10H3,(H,45,51)/b46-28+/t23-,24-,25+,26+,27-,31+,33-,35-,36+,37-,38-,40+,42-,43-/m1/s1. The smallest absolute Gasteiger partial charge is 0.408 e. The number of esters is 1. The average molecular weight is 843 g/mol. The van der Waals surface area contributed by atoms with E-state index in [1.165, 1.54) is 0 Å². The predicted octanol–water partition coefficient (Wildman–Crippen LogP) is 5.37. The number of rotatable bonds is 8. The Kier molecular flexibility index (Phi) is 14.2. The van der Waals surface area contributed by atoms with Crippen molar-refractivity contribution in [2.75, 3.05) is 27.3 Å². The van der Waals surface area contributed by atoms with Gasteiger partial charge in [-0.3, -0.25) is 14.6 Å². The highest BCUT2D eigenvalue weighted by Crippen LogP contribution is 2.42. The van der Waals surface area contributed by atoms with Crippen molar-refractivity contribution < 1.29 is 52.7 Å². The van der Waals surface area contributed by atoms with Gasteiger partial charge in [0, 0.05) is 34.9 Å². The number of carbonyl (C=O) groups is 3. The van der Waals surface area contributed by atoms with Crippen molar-refractivity contribution in [1.29, 1.82) is 0 Å². The van der Waals surface area contributed by atoms with Crippen molar-refractivity contribution >= 4 is 34.9 Å². The lowest BCUT2D eigenvalue weighted by Gasteiger charge is -2.48. The fourth-order valence-electron chi connectivity index (χ4n) is 9.39. The fraction of sp³-hybridized carbons (Fsp3) is 0.698. The van der Waals surface area contributed by atoms with Crippen LogP contribution >= 0.6 is 11.3 Å². The number of Topliss-reactive ketones (excluding diaryl/α,β-unsaturated/α-hetero) is 1. The van der Waals surface area contributed by atoms with Gasteiger partial charge < -0.3 is 48.6 Å². The summed E-state index contributed by atoms with van der Waals surface area (Å²) < 4.78 is 38.9. The number of aliphatic hydroxyl groups excluding tert-OH is 1. The number of aromatic nitrogens is 1. The highest BCUT2D eigenvalue weighted by Gasteiger charge is 2.57. The summed E-state index contributed by atoms with van der Waals surface area (Å²) in [6.45, 7) is 14.7. The molecule has 59 heavy (non-hydrogen) atoms. The number of hydrogen-bond donors (Lipinski definition) is 2. The van der Waals surface area contributed by atoms with Crippen LogP contribution in [0.5, 0.6) is 0 Å². The Hall–Kier alpha value is -3.51. The first-order valence-electron chi connectivity index (χ1n) is 20.8. The maximum Gasteiger partial charge on any atom is 0.408 e. The molecule has 0 saturated carbocycles. The highest BCUT2D eigenvalue weighted by atomic mass is 32.1. The number of likely N-dealkylation sites (N-methyl/N-ethyl adjacent to an activating group) is 1. The minimum Gasteiger partial charge on any atom is -0.458 e. The van der Waals surface area contributed by atoms with Crippen molar-refractivity contribution in [1.82, 2.24) is 15.2 Å². The third-order valence-electron chi connectivity index (χ3n) is 12.6. The van der Waals surface area contributed by atoms with Crippen LogP contribution in [-0.4, -0.2) is 126 Å². The third-order valence-corrected chi connectivity index (χ3v) is 13.7. The van der Waals surface area contributed by atoms with E-state index in [4.69, 9.17) is 33.3 Å². The van der Waals surface area contributed by atoms with E-state index in [1.807, 2.05) is 83.9 Å². The molecule has 326 valence electrons. The molecular formula is C43H62N4O11S. The summed E-state index contributed by atoms with van der Waals surface area (Å²) >= 11 is 1.55. The molecule has 0 spiro atoms. The van der Waals surface area contributed by atoms with E-state index < -0.39 is 83.7 Å². The van der Waals surface area contributed by atoms with Crippen LogP contribution in [-0.2, 0) is 49.5 Å². The van der Waals surface area contributed by atoms with E-state index in [1.54, 1.807) is 38.3 Å². The molecule has 1 amide bonds. The lowest BCUT2D eigenvalue weighted by molar-refractivity contribution is -0.302. The Morgan fingerprint density at radius 3 is 2.51 bits per heavy atom. The number of thiophene rings is 1. The van der Waals surface area contributed by atoms with Crippen LogP contribution in [0, 0.1) is 23.7 Å². The molecule has 4 fully saturated rings. The van der Waals surface area contributed by atoms with Crippen molar-refractivity contribution in [3.63, 3.8) is 0 Å². The van der Waals surface area contributed by atoms with Gasteiger partial charge in [-0.2, -0.15) is 0 Å². The molecule has 0 aromatic carbocycles. The molecule has 14 atom stereocenters. The number of nitrogens with one attached hydrogen (secondary N) is 1. The topological polar surface area (TPSA) is 177 Å². The van der Waals surface area contributed by atoms with E-state index in [0.717, 1.165) is 15.4 Å². The van der Waals surface area contributed by atoms with Crippen molar-refractivity contribution in [2.45, 2.75) is 141 Å². The summed E-state index contributed by atoms with van der Waals surface area (Å²) in [5, 5.41) is 19.0. The SMILES string of the molecule is CC[C@H]1OC(=O)[C@H](C)[C@H]2OC/C(=N\OCc3ccc(-c4ccccn4)s3)CO[C@](C)(C[C@@H](C)C(=O)[C@H](C)[C@H]3NC(=O)O[C@@]31C)[C@H](O[C@@H]1O[C@H](C)C[C@H](N(C)C)[C@H]1O)[C@H]2C. The van der Waals surface area contributed by atoms with Gasteiger partial charge >= 0.3 is 12.1 Å². The predicted molar refractivity (Wildman–Crippen MR) is 219 cm³/mol. The molecule has 6 heterocycles. The molecule has 6 rings (SSSR count). The Bertz CT molecular complexity index is 1810. The molecule has 0 radical (unpaired) electrons.